The van der Waals surface area contributed by atoms with E-state index in [4.69, 9.17) is 9.26 Å². The van der Waals surface area contributed by atoms with Crippen LogP contribution in [0.4, 0.5) is 5.88 Å². The Hall–Kier alpha value is -2.80. The molecule has 0 aliphatic carbocycles. The zero-order valence-corrected chi connectivity index (χ0v) is 14.7. The Kier molecular flexibility index (Phi) is 4.76. The van der Waals surface area contributed by atoms with Gasteiger partial charge in [-0.25, -0.2) is 8.42 Å². The summed E-state index contributed by atoms with van der Waals surface area (Å²) in [6, 6.07) is 14.5. The van der Waals surface area contributed by atoms with Crippen LogP contribution in [0.5, 0.6) is 5.75 Å². The lowest BCUT2D eigenvalue weighted by atomic mass is 10.1. The monoisotopic (exact) mass is 358 g/mol. The Bertz CT molecular complexity index is 963. The zero-order chi connectivity index (χ0) is 17.9. The van der Waals surface area contributed by atoms with E-state index in [2.05, 4.69) is 9.88 Å². The summed E-state index contributed by atoms with van der Waals surface area (Å²) in [7, 11) is -2.05. The Labute approximate surface area is 146 Å². The third kappa shape index (κ3) is 4.00. The average Bonchev–Trinajstić information content (AvgIpc) is 3.04. The van der Waals surface area contributed by atoms with Gasteiger partial charge in [-0.2, -0.15) is 0 Å². The second-order valence-electron chi connectivity index (χ2n) is 5.58. The molecule has 1 N–H and O–H groups in total. The number of ether oxygens (including phenoxy) is 1. The predicted octanol–water partition coefficient (Wildman–Crippen LogP) is 3.60. The van der Waals surface area contributed by atoms with Gasteiger partial charge in [0.05, 0.1) is 24.6 Å². The van der Waals surface area contributed by atoms with Crippen molar-refractivity contribution in [3.05, 3.63) is 65.9 Å². The van der Waals surface area contributed by atoms with Crippen molar-refractivity contribution in [3.63, 3.8) is 0 Å². The molecule has 6 nitrogen and oxygen atoms in total. The van der Waals surface area contributed by atoms with Crippen molar-refractivity contribution in [2.75, 3.05) is 11.8 Å². The summed E-state index contributed by atoms with van der Waals surface area (Å²) < 4.78 is 37.7. The van der Waals surface area contributed by atoms with Crippen molar-refractivity contribution in [2.45, 2.75) is 12.7 Å². The van der Waals surface area contributed by atoms with Gasteiger partial charge in [0, 0.05) is 0 Å². The van der Waals surface area contributed by atoms with E-state index >= 15 is 0 Å². The molecule has 0 radical (unpaired) electrons. The number of aromatic nitrogens is 1. The van der Waals surface area contributed by atoms with Crippen LogP contribution in [0, 0.1) is 6.92 Å². The fraction of sp³-hybridized carbons (Fsp3) is 0.167. The number of sulfonamides is 1. The highest BCUT2D eigenvalue weighted by Crippen LogP contribution is 2.30. The van der Waals surface area contributed by atoms with Gasteiger partial charge in [-0.3, -0.25) is 4.72 Å². The lowest BCUT2D eigenvalue weighted by Crippen LogP contribution is -2.15. The van der Waals surface area contributed by atoms with Crippen LogP contribution in [-0.2, 0) is 15.8 Å². The van der Waals surface area contributed by atoms with E-state index in [-0.39, 0.29) is 11.6 Å². The van der Waals surface area contributed by atoms with E-state index in [1.165, 1.54) is 6.20 Å². The highest BCUT2D eigenvalue weighted by Gasteiger charge is 2.19. The molecule has 25 heavy (non-hydrogen) atoms. The molecule has 0 saturated heterocycles. The minimum absolute atomic E-state index is 0.0961. The first-order valence-electron chi connectivity index (χ1n) is 7.62. The minimum atomic E-state index is -3.63. The molecule has 130 valence electrons. The van der Waals surface area contributed by atoms with Gasteiger partial charge in [-0.05, 0) is 35.7 Å². The molecule has 0 saturated carbocycles. The first-order chi connectivity index (χ1) is 12.0. The van der Waals surface area contributed by atoms with Gasteiger partial charge in [-0.1, -0.05) is 41.6 Å². The lowest BCUT2D eigenvalue weighted by Gasteiger charge is -2.09. The van der Waals surface area contributed by atoms with Gasteiger partial charge in [-0.15, -0.1) is 0 Å². The number of methoxy groups -OCH3 is 1. The van der Waals surface area contributed by atoms with Crippen LogP contribution in [0.15, 0.2) is 59.3 Å². The molecule has 0 aliphatic heterocycles. The van der Waals surface area contributed by atoms with E-state index in [0.29, 0.717) is 11.3 Å². The van der Waals surface area contributed by atoms with Gasteiger partial charge in [0.2, 0.25) is 15.9 Å². The van der Waals surface area contributed by atoms with Crippen LogP contribution in [0.25, 0.3) is 11.1 Å². The second-order valence-corrected chi connectivity index (χ2v) is 7.31. The molecule has 0 amide bonds. The number of aryl methyl sites for hydroxylation is 1. The summed E-state index contributed by atoms with van der Waals surface area (Å²) in [5.41, 5.74) is 2.99. The van der Waals surface area contributed by atoms with E-state index in [0.717, 1.165) is 16.7 Å². The molecule has 3 rings (SSSR count). The summed E-state index contributed by atoms with van der Waals surface area (Å²) in [6.45, 7) is 1.88. The zero-order valence-electron chi connectivity index (χ0n) is 13.9. The summed E-state index contributed by atoms with van der Waals surface area (Å²) in [5.74, 6) is 0.670. The summed E-state index contributed by atoms with van der Waals surface area (Å²) >= 11 is 0. The first kappa shape index (κ1) is 17.0. The molecule has 2 aromatic carbocycles. The topological polar surface area (TPSA) is 81.4 Å². The van der Waals surface area contributed by atoms with Gasteiger partial charge in [0.1, 0.15) is 5.75 Å². The Morgan fingerprint density at radius 3 is 2.52 bits per heavy atom. The van der Waals surface area contributed by atoms with Gasteiger partial charge in [0.15, 0.2) is 0 Å². The van der Waals surface area contributed by atoms with Crippen molar-refractivity contribution >= 4 is 15.9 Å². The van der Waals surface area contributed by atoms with Crippen LogP contribution >= 0.6 is 0 Å². The molecule has 0 bridgehead atoms. The number of anilines is 1. The largest absolute Gasteiger partial charge is 0.497 e. The number of hydrogen-bond donors (Lipinski definition) is 1. The number of benzene rings is 2. The summed E-state index contributed by atoms with van der Waals surface area (Å²) in [5, 5.41) is 3.72. The van der Waals surface area contributed by atoms with Crippen molar-refractivity contribution in [2.24, 2.45) is 0 Å². The maximum atomic E-state index is 12.5. The highest BCUT2D eigenvalue weighted by atomic mass is 32.2. The average molecular weight is 358 g/mol. The number of rotatable bonds is 6. The lowest BCUT2D eigenvalue weighted by molar-refractivity contribution is 0.415. The van der Waals surface area contributed by atoms with E-state index in [1.807, 2.05) is 37.3 Å². The highest BCUT2D eigenvalue weighted by molar-refractivity contribution is 7.91. The Balaban J connectivity index is 1.83. The quantitative estimate of drug-likeness (QED) is 0.728. The molecule has 0 spiro atoms. The molecular weight excluding hydrogens is 340 g/mol. The van der Waals surface area contributed by atoms with Gasteiger partial charge >= 0.3 is 0 Å². The first-order valence-corrected chi connectivity index (χ1v) is 9.28. The fourth-order valence-electron chi connectivity index (χ4n) is 2.44. The van der Waals surface area contributed by atoms with Crippen LogP contribution in [-0.4, -0.2) is 20.7 Å². The number of hydrogen-bond acceptors (Lipinski definition) is 5. The van der Waals surface area contributed by atoms with Crippen LogP contribution in [0.1, 0.15) is 11.1 Å². The molecular formula is C18H18N2O4S. The van der Waals surface area contributed by atoms with Gasteiger partial charge in [0.25, 0.3) is 0 Å². The summed E-state index contributed by atoms with van der Waals surface area (Å²) in [4.78, 5) is 0. The van der Waals surface area contributed by atoms with Crippen molar-refractivity contribution in [1.82, 2.24) is 5.16 Å². The smallest absolute Gasteiger partial charge is 0.245 e. The molecule has 3 aromatic rings. The molecule has 7 heteroatoms. The number of nitrogens with zero attached hydrogens (tertiary/aromatic N) is 1. The molecule has 1 aromatic heterocycles. The van der Waals surface area contributed by atoms with Crippen LogP contribution in [0.2, 0.25) is 0 Å². The fourth-order valence-corrected chi connectivity index (χ4v) is 3.68. The second kappa shape index (κ2) is 6.98. The van der Waals surface area contributed by atoms with Crippen LogP contribution in [0.3, 0.4) is 0 Å². The van der Waals surface area contributed by atoms with Crippen molar-refractivity contribution in [3.8, 4) is 16.9 Å². The van der Waals surface area contributed by atoms with E-state index in [1.54, 1.807) is 25.3 Å². The van der Waals surface area contributed by atoms with E-state index in [9.17, 15) is 8.42 Å². The van der Waals surface area contributed by atoms with E-state index < -0.39 is 10.0 Å². The van der Waals surface area contributed by atoms with Crippen molar-refractivity contribution in [1.29, 1.82) is 0 Å². The molecule has 0 unspecified atom stereocenters. The third-order valence-corrected chi connectivity index (χ3v) is 5.01. The van der Waals surface area contributed by atoms with Crippen LogP contribution < -0.4 is 9.46 Å². The minimum Gasteiger partial charge on any atom is -0.497 e. The molecule has 0 fully saturated rings. The number of nitrogens with one attached hydrogen (secondary N) is 1. The maximum absolute atomic E-state index is 12.5. The predicted molar refractivity (Wildman–Crippen MR) is 95.9 cm³/mol. The standard InChI is InChI=1S/C18H18N2O4S/c1-13-5-3-4-6-15(13)12-25(21,22)20-18-17(11-19-24-18)14-7-9-16(23-2)10-8-14/h3-11,20H,12H2,1-2H3. The van der Waals surface area contributed by atoms with Gasteiger partial charge < -0.3 is 9.26 Å². The normalized spacial score (nSPS) is 11.3. The Morgan fingerprint density at radius 1 is 1.12 bits per heavy atom. The SMILES string of the molecule is COc1ccc(-c2cnoc2NS(=O)(=O)Cc2ccccc2C)cc1. The molecule has 1 heterocycles. The molecule has 0 atom stereocenters. The third-order valence-electron chi connectivity index (χ3n) is 3.83. The molecule has 0 aliphatic rings. The summed E-state index contributed by atoms with van der Waals surface area (Å²) in [6.07, 6.45) is 1.48. The Morgan fingerprint density at radius 2 is 1.84 bits per heavy atom. The maximum Gasteiger partial charge on any atom is 0.245 e. The van der Waals surface area contributed by atoms with Crippen molar-refractivity contribution < 1.29 is 17.7 Å².